The molecule has 0 saturated carbocycles. The van der Waals surface area contributed by atoms with Gasteiger partial charge in [0, 0.05) is 25.5 Å². The first-order valence-electron chi connectivity index (χ1n) is 10.4. The average molecular weight is 393 g/mol. The molecule has 1 amide bonds. The Bertz CT molecular complexity index is 921. The zero-order valence-corrected chi connectivity index (χ0v) is 17.0. The molecule has 2 aromatic heterocycles. The number of H-pyrrole nitrogens is 1. The molecule has 1 aromatic carbocycles. The molecule has 0 spiro atoms. The van der Waals surface area contributed by atoms with Crippen LogP contribution in [-0.2, 0) is 4.79 Å². The number of amides is 1. The number of para-hydroxylation sites is 2. The third-order valence-corrected chi connectivity index (χ3v) is 5.39. The number of carbonyl (C=O) groups excluding carboxylic acids is 1. The molecule has 7 heteroatoms. The molecule has 1 aliphatic heterocycles. The first-order valence-corrected chi connectivity index (χ1v) is 10.4. The van der Waals surface area contributed by atoms with Crippen LogP contribution in [0.5, 0.6) is 0 Å². The molecule has 152 valence electrons. The number of nitrogens with one attached hydrogen (secondary N) is 2. The van der Waals surface area contributed by atoms with Gasteiger partial charge in [0.25, 0.3) is 0 Å². The summed E-state index contributed by atoms with van der Waals surface area (Å²) in [7, 11) is 0. The molecule has 2 atom stereocenters. The van der Waals surface area contributed by atoms with Crippen molar-refractivity contribution in [3.8, 4) is 0 Å². The number of benzene rings is 1. The lowest BCUT2D eigenvalue weighted by Gasteiger charge is -2.32. The predicted octanol–water partition coefficient (Wildman–Crippen LogP) is 3.47. The van der Waals surface area contributed by atoms with Gasteiger partial charge >= 0.3 is 0 Å². The van der Waals surface area contributed by atoms with Crippen LogP contribution in [-0.4, -0.2) is 38.9 Å². The monoisotopic (exact) mass is 392 g/mol. The topological polar surface area (TPSA) is 86.8 Å². The number of fused-ring (bicyclic) bond motifs is 1. The number of rotatable bonds is 6. The standard InChI is InChI=1S/C22H28N6O/c1-15(2)13-19(20-25-17-8-3-4-9-18(17)26-20)27-21(29)16-7-5-12-28(14-16)22-23-10-6-11-24-22/h3-4,6,8-11,15-16,19H,5,7,12-14H2,1-2H3,(H,25,26)(H,27,29)/t16-,19-/m1/s1. The number of anilines is 1. The molecule has 0 unspecified atom stereocenters. The molecule has 1 fully saturated rings. The van der Waals surface area contributed by atoms with E-state index in [9.17, 15) is 4.79 Å². The second-order valence-electron chi connectivity index (χ2n) is 8.16. The summed E-state index contributed by atoms with van der Waals surface area (Å²) in [6.45, 7) is 5.85. The van der Waals surface area contributed by atoms with Crippen LogP contribution in [0.2, 0.25) is 0 Å². The Kier molecular flexibility index (Phi) is 5.74. The van der Waals surface area contributed by atoms with Crippen molar-refractivity contribution in [2.24, 2.45) is 11.8 Å². The van der Waals surface area contributed by atoms with Gasteiger partial charge in [-0.25, -0.2) is 15.0 Å². The number of nitrogens with zero attached hydrogens (tertiary/aromatic N) is 4. The van der Waals surface area contributed by atoms with E-state index < -0.39 is 0 Å². The molecule has 0 aliphatic carbocycles. The second-order valence-corrected chi connectivity index (χ2v) is 8.16. The molecule has 3 heterocycles. The van der Waals surface area contributed by atoms with E-state index in [1.54, 1.807) is 12.4 Å². The minimum atomic E-state index is -0.127. The van der Waals surface area contributed by atoms with Gasteiger partial charge < -0.3 is 15.2 Å². The van der Waals surface area contributed by atoms with Gasteiger partial charge in [0.05, 0.1) is 23.0 Å². The number of carbonyl (C=O) groups is 1. The highest BCUT2D eigenvalue weighted by Gasteiger charge is 2.29. The van der Waals surface area contributed by atoms with Crippen molar-refractivity contribution in [1.82, 2.24) is 25.3 Å². The highest BCUT2D eigenvalue weighted by molar-refractivity contribution is 5.80. The lowest BCUT2D eigenvalue weighted by Crippen LogP contribution is -2.44. The molecule has 2 N–H and O–H groups in total. The number of aromatic nitrogens is 4. The van der Waals surface area contributed by atoms with Crippen molar-refractivity contribution in [3.05, 3.63) is 48.5 Å². The summed E-state index contributed by atoms with van der Waals surface area (Å²) < 4.78 is 0. The van der Waals surface area contributed by atoms with Crippen LogP contribution in [0, 0.1) is 11.8 Å². The molecule has 29 heavy (non-hydrogen) atoms. The lowest BCUT2D eigenvalue weighted by molar-refractivity contribution is -0.126. The maximum absolute atomic E-state index is 13.1. The summed E-state index contributed by atoms with van der Waals surface area (Å²) in [5.41, 5.74) is 1.92. The van der Waals surface area contributed by atoms with E-state index in [2.05, 4.69) is 39.0 Å². The van der Waals surface area contributed by atoms with E-state index in [-0.39, 0.29) is 17.9 Å². The first-order chi connectivity index (χ1) is 14.1. The van der Waals surface area contributed by atoms with Gasteiger partial charge in [-0.3, -0.25) is 4.79 Å². The zero-order valence-electron chi connectivity index (χ0n) is 17.0. The van der Waals surface area contributed by atoms with E-state index in [4.69, 9.17) is 4.98 Å². The minimum absolute atomic E-state index is 0.0772. The fraction of sp³-hybridized carbons (Fsp3) is 0.455. The molecule has 0 bridgehead atoms. The largest absolute Gasteiger partial charge is 0.346 e. The number of hydrogen-bond donors (Lipinski definition) is 2. The van der Waals surface area contributed by atoms with Gasteiger partial charge in [0.1, 0.15) is 5.82 Å². The second kappa shape index (κ2) is 8.59. The molecule has 7 nitrogen and oxygen atoms in total. The summed E-state index contributed by atoms with van der Waals surface area (Å²) >= 11 is 0. The Hall–Kier alpha value is -2.96. The Morgan fingerprint density at radius 2 is 2.03 bits per heavy atom. The van der Waals surface area contributed by atoms with Gasteiger partial charge in [0.2, 0.25) is 11.9 Å². The Morgan fingerprint density at radius 3 is 2.79 bits per heavy atom. The average Bonchev–Trinajstić information content (AvgIpc) is 3.18. The summed E-state index contributed by atoms with van der Waals surface area (Å²) in [5, 5.41) is 3.27. The number of imidazole rings is 1. The van der Waals surface area contributed by atoms with Gasteiger partial charge in [-0.05, 0) is 43.4 Å². The van der Waals surface area contributed by atoms with Crippen LogP contribution in [0.4, 0.5) is 5.95 Å². The maximum Gasteiger partial charge on any atom is 0.225 e. The highest BCUT2D eigenvalue weighted by atomic mass is 16.2. The molecule has 1 aliphatic rings. The van der Waals surface area contributed by atoms with Crippen LogP contribution in [0.1, 0.15) is 45.0 Å². The van der Waals surface area contributed by atoms with Gasteiger partial charge in [-0.15, -0.1) is 0 Å². The number of piperidine rings is 1. The van der Waals surface area contributed by atoms with Crippen LogP contribution in [0.25, 0.3) is 11.0 Å². The highest BCUT2D eigenvalue weighted by Crippen LogP contribution is 2.25. The van der Waals surface area contributed by atoms with Crippen molar-refractivity contribution in [1.29, 1.82) is 0 Å². The Labute approximate surface area is 171 Å². The fourth-order valence-electron chi connectivity index (χ4n) is 3.96. The summed E-state index contributed by atoms with van der Waals surface area (Å²) in [6, 6.07) is 9.65. The summed E-state index contributed by atoms with van der Waals surface area (Å²) in [5.74, 6) is 1.96. The van der Waals surface area contributed by atoms with E-state index in [0.717, 1.165) is 42.7 Å². The third kappa shape index (κ3) is 4.55. The predicted molar refractivity (Wildman–Crippen MR) is 113 cm³/mol. The summed E-state index contributed by atoms with van der Waals surface area (Å²) in [4.78, 5) is 32.0. The van der Waals surface area contributed by atoms with Crippen molar-refractivity contribution in [3.63, 3.8) is 0 Å². The smallest absolute Gasteiger partial charge is 0.225 e. The van der Waals surface area contributed by atoms with Crippen LogP contribution in [0.3, 0.4) is 0 Å². The normalized spacial score (nSPS) is 18.2. The van der Waals surface area contributed by atoms with E-state index in [0.29, 0.717) is 18.4 Å². The maximum atomic E-state index is 13.1. The lowest BCUT2D eigenvalue weighted by atomic mass is 9.96. The molecule has 3 aromatic rings. The SMILES string of the molecule is CC(C)C[C@@H](NC(=O)[C@@H]1CCCN(c2ncccn2)C1)c1nc2ccccc2[nH]1. The molecule has 0 radical (unpaired) electrons. The van der Waals surface area contributed by atoms with Crippen molar-refractivity contribution >= 4 is 22.9 Å². The summed E-state index contributed by atoms with van der Waals surface area (Å²) in [6.07, 6.45) is 6.15. The van der Waals surface area contributed by atoms with Crippen molar-refractivity contribution in [2.45, 2.75) is 39.2 Å². The van der Waals surface area contributed by atoms with E-state index in [1.165, 1.54) is 0 Å². The molecular formula is C22H28N6O. The van der Waals surface area contributed by atoms with Crippen molar-refractivity contribution in [2.75, 3.05) is 18.0 Å². The van der Waals surface area contributed by atoms with Crippen molar-refractivity contribution < 1.29 is 4.79 Å². The van der Waals surface area contributed by atoms with Crippen LogP contribution < -0.4 is 10.2 Å². The van der Waals surface area contributed by atoms with E-state index in [1.807, 2.05) is 30.3 Å². The van der Waals surface area contributed by atoms with Gasteiger partial charge in [0.15, 0.2) is 0 Å². The minimum Gasteiger partial charge on any atom is -0.346 e. The molecular weight excluding hydrogens is 364 g/mol. The Balaban J connectivity index is 1.48. The van der Waals surface area contributed by atoms with Gasteiger partial charge in [-0.1, -0.05) is 26.0 Å². The number of hydrogen-bond acceptors (Lipinski definition) is 5. The van der Waals surface area contributed by atoms with Crippen LogP contribution in [0.15, 0.2) is 42.7 Å². The van der Waals surface area contributed by atoms with Crippen LogP contribution >= 0.6 is 0 Å². The Morgan fingerprint density at radius 1 is 1.24 bits per heavy atom. The zero-order chi connectivity index (χ0) is 20.2. The number of aromatic amines is 1. The quantitative estimate of drug-likeness (QED) is 0.671. The molecule has 1 saturated heterocycles. The fourth-order valence-corrected chi connectivity index (χ4v) is 3.96. The first kappa shape index (κ1) is 19.4. The third-order valence-electron chi connectivity index (χ3n) is 5.39. The van der Waals surface area contributed by atoms with E-state index >= 15 is 0 Å². The molecule has 4 rings (SSSR count). The van der Waals surface area contributed by atoms with Gasteiger partial charge in [-0.2, -0.15) is 0 Å².